The molecular formula is C17H12FN5. The van der Waals surface area contributed by atoms with Crippen LogP contribution in [0.4, 0.5) is 16.0 Å². The SMILES string of the molecule is Fc1ccc(Nc2ncc3ncn(-c4ccccc4)c3n2)cc1. The summed E-state index contributed by atoms with van der Waals surface area (Å²) in [6.45, 7) is 0. The normalized spacial score (nSPS) is 10.8. The van der Waals surface area contributed by atoms with E-state index >= 15 is 0 Å². The van der Waals surface area contributed by atoms with Gasteiger partial charge in [-0.15, -0.1) is 0 Å². The largest absolute Gasteiger partial charge is 0.324 e. The van der Waals surface area contributed by atoms with E-state index in [4.69, 9.17) is 0 Å². The van der Waals surface area contributed by atoms with E-state index in [-0.39, 0.29) is 5.82 Å². The number of anilines is 2. The highest BCUT2D eigenvalue weighted by Crippen LogP contribution is 2.19. The van der Waals surface area contributed by atoms with Crippen molar-refractivity contribution >= 4 is 22.8 Å². The van der Waals surface area contributed by atoms with Gasteiger partial charge in [-0.05, 0) is 36.4 Å². The van der Waals surface area contributed by atoms with Crippen molar-refractivity contribution in [1.29, 1.82) is 0 Å². The van der Waals surface area contributed by atoms with Crippen LogP contribution in [0.15, 0.2) is 67.1 Å². The van der Waals surface area contributed by atoms with Gasteiger partial charge in [0, 0.05) is 11.4 Å². The predicted octanol–water partition coefficient (Wildman–Crippen LogP) is 3.70. The first kappa shape index (κ1) is 13.4. The topological polar surface area (TPSA) is 55.6 Å². The van der Waals surface area contributed by atoms with Crippen LogP contribution in [0.3, 0.4) is 0 Å². The Morgan fingerprint density at radius 3 is 2.48 bits per heavy atom. The number of nitrogens with zero attached hydrogens (tertiary/aromatic N) is 4. The fourth-order valence-corrected chi connectivity index (χ4v) is 2.31. The Bertz CT molecular complexity index is 948. The lowest BCUT2D eigenvalue weighted by atomic mass is 10.3. The van der Waals surface area contributed by atoms with Gasteiger partial charge in [0.25, 0.3) is 0 Å². The summed E-state index contributed by atoms with van der Waals surface area (Å²) in [5.74, 6) is 0.149. The van der Waals surface area contributed by atoms with E-state index in [0.717, 1.165) is 11.4 Å². The van der Waals surface area contributed by atoms with Gasteiger partial charge in [-0.25, -0.2) is 14.4 Å². The predicted molar refractivity (Wildman–Crippen MR) is 86.3 cm³/mol. The van der Waals surface area contributed by atoms with Gasteiger partial charge in [-0.2, -0.15) is 4.98 Å². The van der Waals surface area contributed by atoms with Gasteiger partial charge in [-0.3, -0.25) is 4.57 Å². The number of para-hydroxylation sites is 1. The lowest BCUT2D eigenvalue weighted by Crippen LogP contribution is -1.99. The maximum atomic E-state index is 13.0. The quantitative estimate of drug-likeness (QED) is 0.627. The molecule has 0 saturated heterocycles. The van der Waals surface area contributed by atoms with Gasteiger partial charge >= 0.3 is 0 Å². The number of aromatic nitrogens is 4. The summed E-state index contributed by atoms with van der Waals surface area (Å²) in [5.41, 5.74) is 3.10. The third-order valence-electron chi connectivity index (χ3n) is 3.43. The summed E-state index contributed by atoms with van der Waals surface area (Å²) in [6, 6.07) is 15.9. The van der Waals surface area contributed by atoms with Gasteiger partial charge in [0.1, 0.15) is 17.7 Å². The van der Waals surface area contributed by atoms with Gasteiger partial charge in [0.2, 0.25) is 5.95 Å². The van der Waals surface area contributed by atoms with E-state index in [1.807, 2.05) is 34.9 Å². The third kappa shape index (κ3) is 2.62. The van der Waals surface area contributed by atoms with Crippen LogP contribution in [-0.2, 0) is 0 Å². The lowest BCUT2D eigenvalue weighted by Gasteiger charge is -2.06. The van der Waals surface area contributed by atoms with Gasteiger partial charge in [0.15, 0.2) is 5.65 Å². The van der Waals surface area contributed by atoms with Crippen molar-refractivity contribution in [2.45, 2.75) is 0 Å². The number of benzene rings is 2. The van der Waals surface area contributed by atoms with Crippen LogP contribution in [0.2, 0.25) is 0 Å². The van der Waals surface area contributed by atoms with Gasteiger partial charge in [0.05, 0.1) is 6.20 Å². The summed E-state index contributed by atoms with van der Waals surface area (Å²) in [5, 5.41) is 3.06. The minimum absolute atomic E-state index is 0.283. The maximum Gasteiger partial charge on any atom is 0.229 e. The van der Waals surface area contributed by atoms with Crippen LogP contribution in [-0.4, -0.2) is 19.5 Å². The monoisotopic (exact) mass is 305 g/mol. The standard InChI is InChI=1S/C17H12FN5/c18-12-6-8-13(9-7-12)21-17-19-10-15-16(22-17)23(11-20-15)14-4-2-1-3-5-14/h1-11H,(H,19,21,22). The van der Waals surface area contributed by atoms with Crippen molar-refractivity contribution in [2.24, 2.45) is 0 Å². The second-order valence-electron chi connectivity index (χ2n) is 4.98. The second kappa shape index (κ2) is 5.49. The molecular weight excluding hydrogens is 293 g/mol. The molecule has 2 heterocycles. The number of nitrogens with one attached hydrogen (secondary N) is 1. The van der Waals surface area contributed by atoms with Crippen LogP contribution in [0, 0.1) is 5.82 Å². The Balaban J connectivity index is 1.73. The van der Waals surface area contributed by atoms with Crippen LogP contribution in [0.5, 0.6) is 0 Å². The highest BCUT2D eigenvalue weighted by atomic mass is 19.1. The van der Waals surface area contributed by atoms with Crippen molar-refractivity contribution in [3.8, 4) is 5.69 Å². The average Bonchev–Trinajstić information content (AvgIpc) is 3.01. The summed E-state index contributed by atoms with van der Waals surface area (Å²) in [4.78, 5) is 13.1. The molecule has 0 fully saturated rings. The maximum absolute atomic E-state index is 13.0. The van der Waals surface area contributed by atoms with Crippen LogP contribution < -0.4 is 5.32 Å². The Morgan fingerprint density at radius 1 is 0.913 bits per heavy atom. The minimum Gasteiger partial charge on any atom is -0.324 e. The van der Waals surface area contributed by atoms with Crippen LogP contribution >= 0.6 is 0 Å². The molecule has 5 nitrogen and oxygen atoms in total. The molecule has 0 atom stereocenters. The molecule has 0 amide bonds. The lowest BCUT2D eigenvalue weighted by molar-refractivity contribution is 0.628. The number of hydrogen-bond donors (Lipinski definition) is 1. The van der Waals surface area contributed by atoms with E-state index in [9.17, 15) is 4.39 Å². The summed E-state index contributed by atoms with van der Waals surface area (Å²) >= 11 is 0. The molecule has 23 heavy (non-hydrogen) atoms. The first-order chi connectivity index (χ1) is 11.3. The molecule has 0 saturated carbocycles. The van der Waals surface area contributed by atoms with Crippen molar-refractivity contribution in [2.75, 3.05) is 5.32 Å². The molecule has 4 aromatic rings. The third-order valence-corrected chi connectivity index (χ3v) is 3.43. The molecule has 2 aromatic carbocycles. The van der Waals surface area contributed by atoms with Crippen LogP contribution in [0.25, 0.3) is 16.9 Å². The van der Waals surface area contributed by atoms with Crippen molar-refractivity contribution in [3.63, 3.8) is 0 Å². The van der Waals surface area contributed by atoms with E-state index in [1.165, 1.54) is 12.1 Å². The van der Waals surface area contributed by atoms with Gasteiger partial charge in [-0.1, -0.05) is 18.2 Å². The summed E-state index contributed by atoms with van der Waals surface area (Å²) in [6.07, 6.45) is 3.38. The molecule has 0 aliphatic heterocycles. The highest BCUT2D eigenvalue weighted by Gasteiger charge is 2.08. The number of hydrogen-bond acceptors (Lipinski definition) is 4. The molecule has 0 spiro atoms. The zero-order chi connectivity index (χ0) is 15.6. The van der Waals surface area contributed by atoms with E-state index in [0.29, 0.717) is 17.1 Å². The zero-order valence-electron chi connectivity index (χ0n) is 12.0. The fraction of sp³-hybridized carbons (Fsp3) is 0. The number of imidazole rings is 1. The van der Waals surface area contributed by atoms with Gasteiger partial charge < -0.3 is 5.32 Å². The zero-order valence-corrected chi connectivity index (χ0v) is 12.0. The molecule has 0 aliphatic rings. The highest BCUT2D eigenvalue weighted by molar-refractivity contribution is 5.74. The minimum atomic E-state index is -0.283. The van der Waals surface area contributed by atoms with E-state index in [1.54, 1.807) is 24.7 Å². The molecule has 2 aromatic heterocycles. The summed E-state index contributed by atoms with van der Waals surface area (Å²) < 4.78 is 14.9. The molecule has 4 rings (SSSR count). The number of fused-ring (bicyclic) bond motifs is 1. The second-order valence-corrected chi connectivity index (χ2v) is 4.98. The summed E-state index contributed by atoms with van der Waals surface area (Å²) in [7, 11) is 0. The Morgan fingerprint density at radius 2 is 1.70 bits per heavy atom. The molecule has 6 heteroatoms. The number of rotatable bonds is 3. The number of halogens is 1. The van der Waals surface area contributed by atoms with E-state index in [2.05, 4.69) is 20.3 Å². The first-order valence-electron chi connectivity index (χ1n) is 7.08. The van der Waals surface area contributed by atoms with Crippen LogP contribution in [0.1, 0.15) is 0 Å². The van der Waals surface area contributed by atoms with Crippen molar-refractivity contribution < 1.29 is 4.39 Å². The Hall–Kier alpha value is -3.28. The molecule has 112 valence electrons. The smallest absolute Gasteiger partial charge is 0.229 e. The molecule has 0 bridgehead atoms. The van der Waals surface area contributed by atoms with E-state index < -0.39 is 0 Å². The molecule has 0 radical (unpaired) electrons. The molecule has 0 unspecified atom stereocenters. The fourth-order valence-electron chi connectivity index (χ4n) is 2.31. The molecule has 1 N–H and O–H groups in total. The first-order valence-corrected chi connectivity index (χ1v) is 7.08. The Labute approximate surface area is 131 Å². The van der Waals surface area contributed by atoms with Crippen molar-refractivity contribution in [1.82, 2.24) is 19.5 Å². The molecule has 0 aliphatic carbocycles. The van der Waals surface area contributed by atoms with Crippen molar-refractivity contribution in [3.05, 3.63) is 72.9 Å². The Kier molecular flexibility index (Phi) is 3.20. The average molecular weight is 305 g/mol.